The molecule has 2 aromatic rings. The van der Waals surface area contributed by atoms with Crippen LogP contribution in [0.25, 0.3) is 0 Å². The summed E-state index contributed by atoms with van der Waals surface area (Å²) < 4.78 is 52.4. The second-order valence-corrected chi connectivity index (χ2v) is 14.5. The molecule has 7 rings (SSSR count). The Morgan fingerprint density at radius 1 is 1.11 bits per heavy atom. The zero-order chi connectivity index (χ0) is 33.5. The number of alkyl halides is 2. The van der Waals surface area contributed by atoms with Crippen molar-refractivity contribution in [2.45, 2.75) is 88.9 Å². The summed E-state index contributed by atoms with van der Waals surface area (Å²) in [6.07, 6.45) is -1.55. The van der Waals surface area contributed by atoms with Crippen molar-refractivity contribution in [1.29, 1.82) is 0 Å². The third kappa shape index (κ3) is 4.51. The highest BCUT2D eigenvalue weighted by atomic mass is 19.1. The van der Waals surface area contributed by atoms with E-state index < -0.39 is 76.8 Å². The van der Waals surface area contributed by atoms with Crippen LogP contribution in [-0.2, 0) is 19.1 Å². The van der Waals surface area contributed by atoms with Crippen molar-refractivity contribution >= 4 is 17.3 Å². The molecule has 8 nitrogen and oxygen atoms in total. The molecule has 0 radical (unpaired) electrons. The van der Waals surface area contributed by atoms with Gasteiger partial charge in [0.05, 0.1) is 12.2 Å². The summed E-state index contributed by atoms with van der Waals surface area (Å²) >= 11 is 0. The Morgan fingerprint density at radius 2 is 1.85 bits per heavy atom. The van der Waals surface area contributed by atoms with Crippen molar-refractivity contribution in [2.75, 3.05) is 11.9 Å². The van der Waals surface area contributed by atoms with Crippen molar-refractivity contribution in [3.63, 3.8) is 0 Å². The number of ketones is 2. The van der Waals surface area contributed by atoms with Crippen LogP contribution in [0.15, 0.2) is 72.3 Å². The Kier molecular flexibility index (Phi) is 7.55. The lowest BCUT2D eigenvalue weighted by molar-refractivity contribution is -0.235. The average molecular weight is 650 g/mol. The molecule has 0 unspecified atom stereocenters. The molecule has 0 spiro atoms. The number of aliphatic hydroxyl groups excluding tert-OH is 2. The highest BCUT2D eigenvalue weighted by Crippen LogP contribution is 2.72. The monoisotopic (exact) mass is 649 g/mol. The molecule has 5 aliphatic rings. The minimum absolute atomic E-state index is 0.0330. The summed E-state index contributed by atoms with van der Waals surface area (Å²) in [5.74, 6) is -1.42. The van der Waals surface area contributed by atoms with Crippen LogP contribution in [0.1, 0.15) is 58.8 Å². The third-order valence-corrected chi connectivity index (χ3v) is 11.6. The fourth-order valence-corrected chi connectivity index (χ4v) is 9.53. The van der Waals surface area contributed by atoms with E-state index in [-0.39, 0.29) is 30.9 Å². The summed E-state index contributed by atoms with van der Waals surface area (Å²) in [7, 11) is 0. The standard InChI is InChI=1S/C37H41F2NO7/c1-20(2)40-22-6-5-7-25(14-22)45-24-10-8-21(9-11-24)33-46-32-17-26-27-16-29(38)28-15-23(42)12-13-34(28,3)36(27,39)30(43)18-35(26,4)37(32,47-33)31(44)19-41/h5-15,20,26-27,29-30,32-33,40-41,43H,16-19H2,1-4H3/t26-,27-,29-,30-,32+,33-,34-,35-,36-,37+/m0/s1. The zero-order valence-corrected chi connectivity index (χ0v) is 26.9. The van der Waals surface area contributed by atoms with E-state index in [1.165, 1.54) is 19.1 Å². The van der Waals surface area contributed by atoms with Crippen LogP contribution in [0.4, 0.5) is 14.5 Å². The number of carbonyl (C=O) groups is 2. The molecule has 0 amide bonds. The Hall–Kier alpha value is -3.44. The van der Waals surface area contributed by atoms with E-state index in [2.05, 4.69) is 19.2 Å². The molecule has 47 heavy (non-hydrogen) atoms. The second kappa shape index (κ2) is 11.1. The highest BCUT2D eigenvalue weighted by Gasteiger charge is 2.80. The van der Waals surface area contributed by atoms with Crippen molar-refractivity contribution in [3.8, 4) is 11.5 Å². The molecule has 1 saturated heterocycles. The first kappa shape index (κ1) is 32.1. The van der Waals surface area contributed by atoms with Crippen molar-refractivity contribution < 1.29 is 42.8 Å². The molecule has 4 fully saturated rings. The van der Waals surface area contributed by atoms with Gasteiger partial charge in [0.1, 0.15) is 24.3 Å². The first-order valence-corrected chi connectivity index (χ1v) is 16.3. The van der Waals surface area contributed by atoms with E-state index >= 15 is 8.78 Å². The maximum absolute atomic E-state index is 17.6. The first-order valence-electron chi connectivity index (χ1n) is 16.3. The van der Waals surface area contributed by atoms with E-state index in [4.69, 9.17) is 14.2 Å². The van der Waals surface area contributed by atoms with Gasteiger partial charge in [-0.25, -0.2) is 8.78 Å². The Balaban J connectivity index is 1.17. The van der Waals surface area contributed by atoms with Gasteiger partial charge in [0.2, 0.25) is 0 Å². The topological polar surface area (TPSA) is 114 Å². The van der Waals surface area contributed by atoms with Crippen LogP contribution in [-0.4, -0.2) is 64.1 Å². The molecule has 10 heteroatoms. The second-order valence-electron chi connectivity index (χ2n) is 14.5. The molecule has 3 N–H and O–H groups in total. The molecular weight excluding hydrogens is 608 g/mol. The lowest BCUT2D eigenvalue weighted by Crippen LogP contribution is -2.70. The van der Waals surface area contributed by atoms with E-state index in [1.54, 1.807) is 31.2 Å². The number of allylic oxidation sites excluding steroid dienone is 4. The maximum atomic E-state index is 17.6. The average Bonchev–Trinajstić information content (AvgIpc) is 3.53. The normalized spacial score (nSPS) is 40.3. The molecule has 3 saturated carbocycles. The summed E-state index contributed by atoms with van der Waals surface area (Å²) in [6, 6.07) is 15.0. The predicted octanol–water partition coefficient (Wildman–Crippen LogP) is 5.94. The van der Waals surface area contributed by atoms with Gasteiger partial charge in [0.25, 0.3) is 0 Å². The van der Waals surface area contributed by atoms with Gasteiger partial charge >= 0.3 is 0 Å². The lowest BCUT2D eigenvalue weighted by Gasteiger charge is -2.63. The van der Waals surface area contributed by atoms with Gasteiger partial charge in [-0.1, -0.05) is 31.2 Å². The Morgan fingerprint density at radius 3 is 2.55 bits per heavy atom. The summed E-state index contributed by atoms with van der Waals surface area (Å²) in [4.78, 5) is 25.9. The number of carbonyl (C=O) groups excluding carboxylic acids is 2. The Labute approximate surface area is 272 Å². The van der Waals surface area contributed by atoms with Gasteiger partial charge in [0, 0.05) is 40.1 Å². The van der Waals surface area contributed by atoms with E-state index in [9.17, 15) is 19.8 Å². The van der Waals surface area contributed by atoms with Crippen molar-refractivity contribution in [3.05, 3.63) is 77.9 Å². The van der Waals surface area contributed by atoms with Gasteiger partial charge in [-0.05, 0) is 87.9 Å². The number of nitrogens with one attached hydrogen (secondary N) is 1. The van der Waals surface area contributed by atoms with Gasteiger partial charge in [-0.15, -0.1) is 0 Å². The Bertz CT molecular complexity index is 1660. The maximum Gasteiger partial charge on any atom is 0.193 e. The van der Waals surface area contributed by atoms with E-state index in [1.807, 2.05) is 24.3 Å². The number of hydrogen-bond donors (Lipinski definition) is 3. The van der Waals surface area contributed by atoms with Gasteiger partial charge in [-0.2, -0.15) is 0 Å². The van der Waals surface area contributed by atoms with E-state index in [0.717, 1.165) is 11.8 Å². The van der Waals surface area contributed by atoms with Crippen LogP contribution in [0.3, 0.4) is 0 Å². The smallest absolute Gasteiger partial charge is 0.193 e. The molecule has 1 aliphatic heterocycles. The van der Waals surface area contributed by atoms with Crippen LogP contribution in [0.2, 0.25) is 0 Å². The highest BCUT2D eigenvalue weighted by molar-refractivity contribution is 6.01. The number of hydrogen-bond acceptors (Lipinski definition) is 8. The van der Waals surface area contributed by atoms with Gasteiger partial charge < -0.3 is 29.7 Å². The third-order valence-electron chi connectivity index (χ3n) is 11.6. The van der Waals surface area contributed by atoms with Crippen LogP contribution in [0, 0.1) is 22.7 Å². The van der Waals surface area contributed by atoms with Crippen molar-refractivity contribution in [1.82, 2.24) is 0 Å². The minimum Gasteiger partial charge on any atom is -0.457 e. The SMILES string of the molecule is CC(C)Nc1cccc(Oc2ccc([C@H]3O[C@@H]4C[C@H]5[C@@H]6C[C@H](F)C7=CC(=O)C=C[C@]7(C)[C@@]6(F)[C@@H](O)C[C@]5(C)[C@]4(C(=O)CO)O3)cc2)c1. The number of rotatable bonds is 7. The molecular formula is C37H41F2NO7. The molecule has 0 aromatic heterocycles. The quantitative estimate of drug-likeness (QED) is 0.338. The van der Waals surface area contributed by atoms with Crippen LogP contribution in [0.5, 0.6) is 11.5 Å². The number of fused-ring (bicyclic) bond motifs is 7. The van der Waals surface area contributed by atoms with Gasteiger partial charge in [-0.3, -0.25) is 9.59 Å². The number of halogens is 2. The summed E-state index contributed by atoms with van der Waals surface area (Å²) in [5.41, 5.74) is -5.14. The largest absolute Gasteiger partial charge is 0.457 e. The summed E-state index contributed by atoms with van der Waals surface area (Å²) in [6.45, 7) is 6.57. The molecule has 2 aromatic carbocycles. The zero-order valence-electron chi connectivity index (χ0n) is 26.9. The lowest BCUT2D eigenvalue weighted by atomic mass is 9.44. The van der Waals surface area contributed by atoms with E-state index in [0.29, 0.717) is 17.1 Å². The van der Waals surface area contributed by atoms with Crippen LogP contribution < -0.4 is 10.1 Å². The minimum atomic E-state index is -2.30. The number of ether oxygens (including phenoxy) is 3. The van der Waals surface area contributed by atoms with Crippen LogP contribution >= 0.6 is 0 Å². The predicted molar refractivity (Wildman–Crippen MR) is 169 cm³/mol. The molecule has 1 heterocycles. The number of benzene rings is 2. The number of aliphatic hydroxyl groups is 2. The van der Waals surface area contributed by atoms with Crippen molar-refractivity contribution in [2.24, 2.45) is 22.7 Å². The first-order chi connectivity index (χ1) is 22.3. The molecule has 250 valence electrons. The van der Waals surface area contributed by atoms with Gasteiger partial charge in [0.15, 0.2) is 29.1 Å². The molecule has 10 atom stereocenters. The summed E-state index contributed by atoms with van der Waals surface area (Å²) in [5, 5.41) is 25.2. The molecule has 0 bridgehead atoms. The number of anilines is 1. The fraction of sp³-hybridized carbons (Fsp3) is 0.514. The fourth-order valence-electron chi connectivity index (χ4n) is 9.53. The molecule has 4 aliphatic carbocycles. The number of Topliss-reactive ketones (excluding diaryl/α,β-unsaturated/α-hetero) is 1.